The normalized spacial score (nSPS) is 16.2. The maximum absolute atomic E-state index is 11.7. The predicted molar refractivity (Wildman–Crippen MR) is 71.1 cm³/mol. The molecular formula is C13H21NO2S. The second-order valence-corrected chi connectivity index (χ2v) is 5.11. The molecule has 3 atom stereocenters. The van der Waals surface area contributed by atoms with Crippen molar-refractivity contribution in [3.8, 4) is 0 Å². The molecule has 1 heterocycles. The van der Waals surface area contributed by atoms with Gasteiger partial charge in [0.05, 0.1) is 7.11 Å². The highest BCUT2D eigenvalue weighted by molar-refractivity contribution is 7.07. The van der Waals surface area contributed by atoms with Crippen molar-refractivity contribution < 1.29 is 9.53 Å². The Morgan fingerprint density at radius 2 is 2.24 bits per heavy atom. The molecule has 17 heavy (non-hydrogen) atoms. The Morgan fingerprint density at radius 1 is 1.53 bits per heavy atom. The number of carbonyl (C=O) groups excluding carboxylic acids is 1. The van der Waals surface area contributed by atoms with Gasteiger partial charge >= 0.3 is 5.97 Å². The number of carbonyl (C=O) groups is 1. The lowest BCUT2D eigenvalue weighted by molar-refractivity contribution is -0.144. The zero-order valence-electron chi connectivity index (χ0n) is 10.9. The first-order valence-electron chi connectivity index (χ1n) is 5.96. The van der Waals surface area contributed by atoms with Crippen molar-refractivity contribution in [1.29, 1.82) is 0 Å². The van der Waals surface area contributed by atoms with Crippen LogP contribution in [0.15, 0.2) is 16.8 Å². The largest absolute Gasteiger partial charge is 0.468 e. The van der Waals surface area contributed by atoms with Crippen molar-refractivity contribution in [3.63, 3.8) is 0 Å². The van der Waals surface area contributed by atoms with Crippen LogP contribution in [0.2, 0.25) is 0 Å². The van der Waals surface area contributed by atoms with Crippen molar-refractivity contribution in [2.45, 2.75) is 39.3 Å². The predicted octanol–water partition coefficient (Wildman–Crippen LogP) is 2.99. The molecular weight excluding hydrogens is 234 g/mol. The summed E-state index contributed by atoms with van der Waals surface area (Å²) in [6, 6.07) is 2.01. The molecule has 0 fully saturated rings. The minimum absolute atomic E-state index is 0.166. The minimum Gasteiger partial charge on any atom is -0.468 e. The summed E-state index contributed by atoms with van der Waals surface area (Å²) < 4.78 is 4.85. The minimum atomic E-state index is -0.236. The summed E-state index contributed by atoms with van der Waals surface area (Å²) >= 11 is 1.67. The van der Waals surface area contributed by atoms with Crippen LogP contribution < -0.4 is 5.32 Å². The quantitative estimate of drug-likeness (QED) is 0.794. The first-order valence-corrected chi connectivity index (χ1v) is 6.90. The molecule has 0 aliphatic carbocycles. The van der Waals surface area contributed by atoms with E-state index in [9.17, 15) is 4.79 Å². The second kappa shape index (κ2) is 6.77. The van der Waals surface area contributed by atoms with E-state index in [1.165, 1.54) is 12.7 Å². The summed E-state index contributed by atoms with van der Waals surface area (Å²) in [6.07, 6.45) is 0.948. The number of ether oxygens (including phenoxy) is 1. The monoisotopic (exact) mass is 255 g/mol. The lowest BCUT2D eigenvalue weighted by Crippen LogP contribution is -2.43. The molecule has 0 saturated carbocycles. The van der Waals surface area contributed by atoms with Crippen molar-refractivity contribution in [3.05, 3.63) is 22.4 Å². The number of nitrogens with one attached hydrogen (secondary N) is 1. The van der Waals surface area contributed by atoms with Gasteiger partial charge in [0.15, 0.2) is 0 Å². The fourth-order valence-corrected chi connectivity index (χ4v) is 2.47. The number of hydrogen-bond donors (Lipinski definition) is 1. The number of thiophene rings is 1. The van der Waals surface area contributed by atoms with E-state index in [0.29, 0.717) is 0 Å². The van der Waals surface area contributed by atoms with E-state index in [1.54, 1.807) is 11.3 Å². The molecule has 1 aromatic rings. The van der Waals surface area contributed by atoms with Gasteiger partial charge in [0.2, 0.25) is 0 Å². The number of methoxy groups -OCH3 is 1. The van der Waals surface area contributed by atoms with Crippen LogP contribution in [0.3, 0.4) is 0 Å². The van der Waals surface area contributed by atoms with Crippen LogP contribution >= 0.6 is 11.3 Å². The van der Waals surface area contributed by atoms with E-state index in [4.69, 9.17) is 4.74 Å². The van der Waals surface area contributed by atoms with Gasteiger partial charge in [-0.25, -0.2) is 0 Å². The Hall–Kier alpha value is -0.870. The molecule has 0 aromatic carbocycles. The Kier molecular flexibility index (Phi) is 5.65. The van der Waals surface area contributed by atoms with Gasteiger partial charge in [0, 0.05) is 6.04 Å². The van der Waals surface area contributed by atoms with Crippen LogP contribution in [0.4, 0.5) is 0 Å². The third-order valence-corrected chi connectivity index (χ3v) is 3.84. The average Bonchev–Trinajstić information content (AvgIpc) is 2.87. The Balaban J connectivity index is 2.69. The zero-order chi connectivity index (χ0) is 12.8. The van der Waals surface area contributed by atoms with Crippen LogP contribution in [0.25, 0.3) is 0 Å². The molecule has 0 aliphatic rings. The van der Waals surface area contributed by atoms with E-state index >= 15 is 0 Å². The van der Waals surface area contributed by atoms with Gasteiger partial charge in [-0.1, -0.05) is 20.3 Å². The molecule has 3 nitrogen and oxygen atoms in total. The molecule has 96 valence electrons. The van der Waals surface area contributed by atoms with Crippen molar-refractivity contribution in [2.24, 2.45) is 5.92 Å². The van der Waals surface area contributed by atoms with Gasteiger partial charge in [-0.2, -0.15) is 11.3 Å². The maximum Gasteiger partial charge on any atom is 0.323 e. The summed E-state index contributed by atoms with van der Waals surface area (Å²) in [6.45, 7) is 6.22. The third kappa shape index (κ3) is 3.82. The summed E-state index contributed by atoms with van der Waals surface area (Å²) in [5, 5.41) is 7.50. The molecule has 0 amide bonds. The summed E-state index contributed by atoms with van der Waals surface area (Å²) in [7, 11) is 1.44. The van der Waals surface area contributed by atoms with Gasteiger partial charge < -0.3 is 4.74 Å². The molecule has 1 rings (SSSR count). The summed E-state index contributed by atoms with van der Waals surface area (Å²) in [5.74, 6) is 0.0879. The van der Waals surface area contributed by atoms with Crippen LogP contribution in [-0.4, -0.2) is 19.1 Å². The molecule has 0 bridgehead atoms. The average molecular weight is 255 g/mol. The standard InChI is InChI=1S/C13H21NO2S/c1-5-9(2)12(13(15)16-4)14-10(3)11-6-7-17-8-11/h6-10,12,14H,5H2,1-4H3. The van der Waals surface area contributed by atoms with Gasteiger partial charge in [-0.15, -0.1) is 0 Å². The van der Waals surface area contributed by atoms with Crippen LogP contribution in [0.5, 0.6) is 0 Å². The van der Waals surface area contributed by atoms with E-state index < -0.39 is 0 Å². The fourth-order valence-electron chi connectivity index (χ4n) is 1.71. The molecule has 3 unspecified atom stereocenters. The van der Waals surface area contributed by atoms with Gasteiger partial charge in [0.1, 0.15) is 6.04 Å². The lowest BCUT2D eigenvalue weighted by Gasteiger charge is -2.25. The molecule has 0 radical (unpaired) electrons. The van der Waals surface area contributed by atoms with E-state index in [2.05, 4.69) is 37.5 Å². The van der Waals surface area contributed by atoms with Gasteiger partial charge in [-0.05, 0) is 35.2 Å². The smallest absolute Gasteiger partial charge is 0.323 e. The number of hydrogen-bond acceptors (Lipinski definition) is 4. The highest BCUT2D eigenvalue weighted by atomic mass is 32.1. The topological polar surface area (TPSA) is 38.3 Å². The fraction of sp³-hybridized carbons (Fsp3) is 0.615. The highest BCUT2D eigenvalue weighted by Crippen LogP contribution is 2.19. The second-order valence-electron chi connectivity index (χ2n) is 4.33. The zero-order valence-corrected chi connectivity index (χ0v) is 11.7. The van der Waals surface area contributed by atoms with Crippen molar-refractivity contribution in [1.82, 2.24) is 5.32 Å². The Labute approximate surface area is 107 Å². The summed E-state index contributed by atoms with van der Waals surface area (Å²) in [5.41, 5.74) is 1.22. The SMILES string of the molecule is CCC(C)C(NC(C)c1ccsc1)C(=O)OC. The summed E-state index contributed by atoms with van der Waals surface area (Å²) in [4.78, 5) is 11.7. The maximum atomic E-state index is 11.7. The third-order valence-electron chi connectivity index (χ3n) is 3.14. The van der Waals surface area contributed by atoms with Gasteiger partial charge in [-0.3, -0.25) is 10.1 Å². The Morgan fingerprint density at radius 3 is 2.71 bits per heavy atom. The van der Waals surface area contributed by atoms with E-state index in [0.717, 1.165) is 6.42 Å². The van der Waals surface area contributed by atoms with Crippen molar-refractivity contribution >= 4 is 17.3 Å². The van der Waals surface area contributed by atoms with E-state index in [1.807, 2.05) is 5.38 Å². The molecule has 0 saturated heterocycles. The van der Waals surface area contributed by atoms with Crippen molar-refractivity contribution in [2.75, 3.05) is 7.11 Å². The molecule has 1 aromatic heterocycles. The van der Waals surface area contributed by atoms with Gasteiger partial charge in [0.25, 0.3) is 0 Å². The number of rotatable bonds is 6. The van der Waals surface area contributed by atoms with Crippen LogP contribution in [0, 0.1) is 5.92 Å². The van der Waals surface area contributed by atoms with Crippen LogP contribution in [0.1, 0.15) is 38.8 Å². The molecule has 4 heteroatoms. The Bertz CT molecular complexity index is 337. The molecule has 1 N–H and O–H groups in total. The lowest BCUT2D eigenvalue weighted by atomic mass is 9.97. The number of esters is 1. The highest BCUT2D eigenvalue weighted by Gasteiger charge is 2.26. The van der Waals surface area contributed by atoms with Crippen LogP contribution in [-0.2, 0) is 9.53 Å². The molecule has 0 spiro atoms. The first kappa shape index (κ1) is 14.2. The van der Waals surface area contributed by atoms with E-state index in [-0.39, 0.29) is 24.0 Å². The molecule has 0 aliphatic heterocycles. The first-order chi connectivity index (χ1) is 8.10.